The monoisotopic (exact) mass is 240 g/mol. The summed E-state index contributed by atoms with van der Waals surface area (Å²) in [6, 6.07) is 5.33. The SMILES string of the molecule is CCCOCC(O)c1ccc(OC)cc1OC. The Hall–Kier alpha value is -1.26. The molecule has 0 radical (unpaired) electrons. The maximum atomic E-state index is 9.98. The number of aliphatic hydroxyl groups excluding tert-OH is 1. The number of hydrogen-bond donors (Lipinski definition) is 1. The summed E-state index contributed by atoms with van der Waals surface area (Å²) in [7, 11) is 3.16. The van der Waals surface area contributed by atoms with Crippen LogP contribution >= 0.6 is 0 Å². The minimum atomic E-state index is -0.678. The molecule has 0 aromatic heterocycles. The lowest BCUT2D eigenvalue weighted by atomic mass is 10.1. The average Bonchev–Trinajstić information content (AvgIpc) is 2.38. The first-order valence-corrected chi connectivity index (χ1v) is 5.70. The normalized spacial score (nSPS) is 12.2. The van der Waals surface area contributed by atoms with Crippen LogP contribution in [0.2, 0.25) is 0 Å². The highest BCUT2D eigenvalue weighted by atomic mass is 16.5. The molecule has 4 heteroatoms. The van der Waals surface area contributed by atoms with Gasteiger partial charge in [0.05, 0.1) is 20.8 Å². The molecule has 1 N–H and O–H groups in total. The lowest BCUT2D eigenvalue weighted by molar-refractivity contribution is 0.0352. The number of hydrogen-bond acceptors (Lipinski definition) is 4. The molecule has 0 aliphatic rings. The summed E-state index contributed by atoms with van der Waals surface area (Å²) in [6.45, 7) is 2.95. The van der Waals surface area contributed by atoms with Gasteiger partial charge in [-0.3, -0.25) is 0 Å². The molecule has 1 aromatic carbocycles. The molecule has 96 valence electrons. The van der Waals surface area contributed by atoms with Crippen LogP contribution in [0.5, 0.6) is 11.5 Å². The van der Waals surface area contributed by atoms with Crippen molar-refractivity contribution in [3.8, 4) is 11.5 Å². The van der Waals surface area contributed by atoms with Crippen LogP contribution in [-0.2, 0) is 4.74 Å². The number of aliphatic hydroxyl groups is 1. The second kappa shape index (κ2) is 7.14. The zero-order valence-corrected chi connectivity index (χ0v) is 10.6. The molecule has 0 saturated carbocycles. The Morgan fingerprint density at radius 1 is 1.24 bits per heavy atom. The lowest BCUT2D eigenvalue weighted by Crippen LogP contribution is -2.09. The predicted octanol–water partition coefficient (Wildman–Crippen LogP) is 2.16. The summed E-state index contributed by atoms with van der Waals surface area (Å²) >= 11 is 0. The highest BCUT2D eigenvalue weighted by molar-refractivity contribution is 5.41. The van der Waals surface area contributed by atoms with Crippen LogP contribution in [0, 0.1) is 0 Å². The van der Waals surface area contributed by atoms with Crippen molar-refractivity contribution in [2.75, 3.05) is 27.4 Å². The fraction of sp³-hybridized carbons (Fsp3) is 0.538. The molecule has 1 aromatic rings. The van der Waals surface area contributed by atoms with Crippen LogP contribution in [-0.4, -0.2) is 32.5 Å². The quantitative estimate of drug-likeness (QED) is 0.742. The Balaban J connectivity index is 2.74. The van der Waals surface area contributed by atoms with E-state index in [4.69, 9.17) is 14.2 Å². The standard InChI is InChI=1S/C13H20O4/c1-4-7-17-9-12(14)11-6-5-10(15-2)8-13(11)16-3/h5-6,8,12,14H,4,7,9H2,1-3H3. The number of ether oxygens (including phenoxy) is 3. The van der Waals surface area contributed by atoms with Gasteiger partial charge in [0.15, 0.2) is 0 Å². The molecule has 1 rings (SSSR count). The zero-order chi connectivity index (χ0) is 12.7. The third kappa shape index (κ3) is 3.91. The first-order chi connectivity index (χ1) is 8.22. The fourth-order valence-corrected chi connectivity index (χ4v) is 1.52. The van der Waals surface area contributed by atoms with E-state index in [1.165, 1.54) is 0 Å². The van der Waals surface area contributed by atoms with E-state index in [0.717, 1.165) is 6.42 Å². The molecule has 4 nitrogen and oxygen atoms in total. The van der Waals surface area contributed by atoms with Gasteiger partial charge >= 0.3 is 0 Å². The van der Waals surface area contributed by atoms with Crippen molar-refractivity contribution in [3.05, 3.63) is 23.8 Å². The van der Waals surface area contributed by atoms with Crippen molar-refractivity contribution in [3.63, 3.8) is 0 Å². The predicted molar refractivity (Wildman–Crippen MR) is 65.6 cm³/mol. The summed E-state index contributed by atoms with van der Waals surface area (Å²) in [6.07, 6.45) is 0.259. The van der Waals surface area contributed by atoms with Crippen LogP contribution in [0.15, 0.2) is 18.2 Å². The summed E-state index contributed by atoms with van der Waals surface area (Å²) in [4.78, 5) is 0. The third-order valence-corrected chi connectivity index (χ3v) is 2.42. The van der Waals surface area contributed by atoms with Crippen molar-refractivity contribution < 1.29 is 19.3 Å². The maximum Gasteiger partial charge on any atom is 0.128 e. The van der Waals surface area contributed by atoms with E-state index < -0.39 is 6.10 Å². The molecule has 0 heterocycles. The molecular formula is C13H20O4. The molecule has 17 heavy (non-hydrogen) atoms. The summed E-state index contributed by atoms with van der Waals surface area (Å²) in [5.74, 6) is 1.31. The molecule has 0 bridgehead atoms. The Kier molecular flexibility index (Phi) is 5.80. The van der Waals surface area contributed by atoms with Gasteiger partial charge in [0.1, 0.15) is 17.6 Å². The van der Waals surface area contributed by atoms with Crippen molar-refractivity contribution in [1.29, 1.82) is 0 Å². The minimum Gasteiger partial charge on any atom is -0.497 e. The van der Waals surface area contributed by atoms with E-state index in [-0.39, 0.29) is 6.61 Å². The number of benzene rings is 1. The van der Waals surface area contributed by atoms with Gasteiger partial charge in [0, 0.05) is 18.2 Å². The Bertz CT molecular complexity index is 338. The Labute approximate surface area is 102 Å². The van der Waals surface area contributed by atoms with Gasteiger partial charge in [-0.2, -0.15) is 0 Å². The third-order valence-electron chi connectivity index (χ3n) is 2.42. The lowest BCUT2D eigenvalue weighted by Gasteiger charge is -2.15. The first-order valence-electron chi connectivity index (χ1n) is 5.70. The van der Waals surface area contributed by atoms with Gasteiger partial charge in [0.25, 0.3) is 0 Å². The van der Waals surface area contributed by atoms with E-state index in [1.54, 1.807) is 32.4 Å². The molecule has 0 fully saturated rings. The summed E-state index contributed by atoms with van der Waals surface area (Å²) < 4.78 is 15.6. The number of rotatable bonds is 7. The summed E-state index contributed by atoms with van der Waals surface area (Å²) in [5.41, 5.74) is 0.712. The average molecular weight is 240 g/mol. The number of methoxy groups -OCH3 is 2. The fourth-order valence-electron chi connectivity index (χ4n) is 1.52. The smallest absolute Gasteiger partial charge is 0.128 e. The molecule has 1 unspecified atom stereocenters. The van der Waals surface area contributed by atoms with Gasteiger partial charge in [-0.25, -0.2) is 0 Å². The van der Waals surface area contributed by atoms with Crippen molar-refractivity contribution in [2.24, 2.45) is 0 Å². The molecule has 0 amide bonds. The maximum absolute atomic E-state index is 9.98. The van der Waals surface area contributed by atoms with Crippen LogP contribution in [0.4, 0.5) is 0 Å². The van der Waals surface area contributed by atoms with E-state index >= 15 is 0 Å². The van der Waals surface area contributed by atoms with E-state index in [1.807, 2.05) is 6.92 Å². The van der Waals surface area contributed by atoms with E-state index in [2.05, 4.69) is 0 Å². The highest BCUT2D eigenvalue weighted by Gasteiger charge is 2.14. The van der Waals surface area contributed by atoms with Crippen molar-refractivity contribution >= 4 is 0 Å². The van der Waals surface area contributed by atoms with Gasteiger partial charge in [0.2, 0.25) is 0 Å². The molecule has 0 aliphatic heterocycles. The summed E-state index contributed by atoms with van der Waals surface area (Å²) in [5, 5.41) is 9.98. The van der Waals surface area contributed by atoms with Crippen LogP contribution < -0.4 is 9.47 Å². The molecule has 0 saturated heterocycles. The molecular weight excluding hydrogens is 220 g/mol. The van der Waals surface area contributed by atoms with Gasteiger partial charge < -0.3 is 19.3 Å². The zero-order valence-electron chi connectivity index (χ0n) is 10.6. The second-order valence-electron chi connectivity index (χ2n) is 3.70. The Morgan fingerprint density at radius 3 is 2.59 bits per heavy atom. The van der Waals surface area contributed by atoms with E-state index in [0.29, 0.717) is 23.7 Å². The van der Waals surface area contributed by atoms with Crippen molar-refractivity contribution in [2.45, 2.75) is 19.4 Å². The first kappa shape index (κ1) is 13.8. The van der Waals surface area contributed by atoms with Crippen LogP contribution in [0.25, 0.3) is 0 Å². The van der Waals surface area contributed by atoms with Gasteiger partial charge in [-0.05, 0) is 18.6 Å². The van der Waals surface area contributed by atoms with Gasteiger partial charge in [-0.15, -0.1) is 0 Å². The largest absolute Gasteiger partial charge is 0.497 e. The topological polar surface area (TPSA) is 47.9 Å². The molecule has 1 atom stereocenters. The molecule has 0 aliphatic carbocycles. The van der Waals surface area contributed by atoms with Gasteiger partial charge in [-0.1, -0.05) is 6.92 Å². The van der Waals surface area contributed by atoms with E-state index in [9.17, 15) is 5.11 Å². The highest BCUT2D eigenvalue weighted by Crippen LogP contribution is 2.29. The van der Waals surface area contributed by atoms with Crippen LogP contribution in [0.3, 0.4) is 0 Å². The second-order valence-corrected chi connectivity index (χ2v) is 3.70. The van der Waals surface area contributed by atoms with Crippen molar-refractivity contribution in [1.82, 2.24) is 0 Å². The Morgan fingerprint density at radius 2 is 2.00 bits per heavy atom. The van der Waals surface area contributed by atoms with Crippen LogP contribution in [0.1, 0.15) is 25.0 Å². The minimum absolute atomic E-state index is 0.274. The molecule has 0 spiro atoms.